The topological polar surface area (TPSA) is 93.3 Å². The molecule has 1 unspecified atom stereocenters. The lowest BCUT2D eigenvalue weighted by atomic mass is 9.97. The maximum atomic E-state index is 12.8. The molecular weight excluding hydrogens is 414 g/mol. The third-order valence-corrected chi connectivity index (χ3v) is 5.70. The molecule has 0 aliphatic carbocycles. The van der Waals surface area contributed by atoms with Crippen LogP contribution in [0, 0.1) is 5.92 Å². The minimum atomic E-state index is -0.290. The number of rotatable bonds is 6. The maximum absolute atomic E-state index is 12.8. The molecule has 1 fully saturated rings. The number of benzene rings is 2. The zero-order chi connectivity index (χ0) is 21.8. The van der Waals surface area contributed by atoms with Crippen molar-refractivity contribution in [2.75, 3.05) is 18.4 Å². The number of anilines is 1. The van der Waals surface area contributed by atoms with Crippen molar-refractivity contribution in [3.8, 4) is 5.69 Å². The summed E-state index contributed by atoms with van der Waals surface area (Å²) in [6.07, 6.45) is 3.49. The number of piperidine rings is 1. The molecular formula is C23H24ClN5O2. The molecule has 8 heteroatoms. The molecule has 1 aliphatic heterocycles. The molecule has 0 spiro atoms. The SMILES string of the molecule is NC(=O)C1CCCN(Cc2ccccc2NC(=O)c2ccn(-c3cccc(Cl)c3)n2)C1. The lowest BCUT2D eigenvalue weighted by Gasteiger charge is -2.31. The van der Waals surface area contributed by atoms with Crippen molar-refractivity contribution < 1.29 is 9.59 Å². The summed E-state index contributed by atoms with van der Waals surface area (Å²) in [5, 5.41) is 7.95. The normalized spacial score (nSPS) is 16.7. The van der Waals surface area contributed by atoms with Crippen molar-refractivity contribution in [2.45, 2.75) is 19.4 Å². The number of amides is 2. The van der Waals surface area contributed by atoms with Crippen molar-refractivity contribution in [1.29, 1.82) is 0 Å². The second-order valence-corrected chi connectivity index (χ2v) is 8.15. The van der Waals surface area contributed by atoms with Crippen LogP contribution < -0.4 is 11.1 Å². The molecule has 0 bridgehead atoms. The zero-order valence-corrected chi connectivity index (χ0v) is 17.8. The highest BCUT2D eigenvalue weighted by Gasteiger charge is 2.24. The number of nitrogens with zero attached hydrogens (tertiary/aromatic N) is 3. The largest absolute Gasteiger partial charge is 0.369 e. The minimum Gasteiger partial charge on any atom is -0.369 e. The average Bonchev–Trinajstić information content (AvgIpc) is 3.26. The van der Waals surface area contributed by atoms with Crippen LogP contribution in [-0.4, -0.2) is 39.6 Å². The number of nitrogens with two attached hydrogens (primary N) is 1. The molecule has 3 aromatic rings. The Morgan fingerprint density at radius 2 is 2.00 bits per heavy atom. The van der Waals surface area contributed by atoms with Gasteiger partial charge in [-0.2, -0.15) is 5.10 Å². The fourth-order valence-electron chi connectivity index (χ4n) is 3.85. The Kier molecular flexibility index (Phi) is 6.34. The number of nitrogens with one attached hydrogen (secondary N) is 1. The van der Waals surface area contributed by atoms with E-state index in [0.29, 0.717) is 23.8 Å². The molecule has 1 aliphatic rings. The van der Waals surface area contributed by atoms with Crippen molar-refractivity contribution in [2.24, 2.45) is 11.7 Å². The molecule has 31 heavy (non-hydrogen) atoms. The Bertz CT molecular complexity index is 1100. The Morgan fingerprint density at radius 3 is 2.81 bits per heavy atom. The molecule has 2 aromatic carbocycles. The van der Waals surface area contributed by atoms with E-state index in [4.69, 9.17) is 17.3 Å². The van der Waals surface area contributed by atoms with E-state index in [1.54, 1.807) is 29.1 Å². The van der Waals surface area contributed by atoms with Gasteiger partial charge in [-0.25, -0.2) is 4.68 Å². The summed E-state index contributed by atoms with van der Waals surface area (Å²) < 4.78 is 1.62. The number of hydrogen-bond donors (Lipinski definition) is 2. The number of halogens is 1. The van der Waals surface area contributed by atoms with Crippen LogP contribution in [0.5, 0.6) is 0 Å². The molecule has 1 atom stereocenters. The Labute approximate surface area is 185 Å². The number of hydrogen-bond acceptors (Lipinski definition) is 4. The molecule has 1 aromatic heterocycles. The standard InChI is InChI=1S/C23H24ClN5O2/c24-18-7-3-8-19(13-18)29-12-10-21(27-29)23(31)26-20-9-2-1-5-16(20)14-28-11-4-6-17(15-28)22(25)30/h1-3,5,7-10,12-13,17H,4,6,11,14-15H2,(H2,25,30)(H,26,31). The lowest BCUT2D eigenvalue weighted by molar-refractivity contribution is -0.123. The van der Waals surface area contributed by atoms with Crippen molar-refractivity contribution in [3.63, 3.8) is 0 Å². The first kappa shape index (κ1) is 21.1. The second kappa shape index (κ2) is 9.32. The molecule has 1 saturated heterocycles. The highest BCUT2D eigenvalue weighted by molar-refractivity contribution is 6.30. The summed E-state index contributed by atoms with van der Waals surface area (Å²) in [4.78, 5) is 26.6. The predicted molar refractivity (Wildman–Crippen MR) is 120 cm³/mol. The number of para-hydroxylation sites is 1. The number of aromatic nitrogens is 2. The van der Waals surface area contributed by atoms with Crippen molar-refractivity contribution >= 4 is 29.1 Å². The number of carbonyl (C=O) groups excluding carboxylic acids is 2. The smallest absolute Gasteiger partial charge is 0.276 e. The second-order valence-electron chi connectivity index (χ2n) is 7.71. The van der Waals surface area contributed by atoms with E-state index >= 15 is 0 Å². The lowest BCUT2D eigenvalue weighted by Crippen LogP contribution is -2.40. The van der Waals surface area contributed by atoms with Crippen LogP contribution in [0.1, 0.15) is 28.9 Å². The van der Waals surface area contributed by atoms with E-state index in [-0.39, 0.29) is 17.7 Å². The number of likely N-dealkylation sites (tertiary alicyclic amines) is 1. The van der Waals surface area contributed by atoms with Gasteiger partial charge in [0.15, 0.2) is 5.69 Å². The van der Waals surface area contributed by atoms with E-state index in [1.165, 1.54) is 0 Å². The Hall–Kier alpha value is -3.16. The summed E-state index contributed by atoms with van der Waals surface area (Å²) in [5.41, 5.74) is 8.29. The van der Waals surface area contributed by atoms with E-state index in [1.807, 2.05) is 36.4 Å². The van der Waals surface area contributed by atoms with Gasteiger partial charge in [0.1, 0.15) is 0 Å². The van der Waals surface area contributed by atoms with Crippen LogP contribution >= 0.6 is 11.6 Å². The summed E-state index contributed by atoms with van der Waals surface area (Å²) in [7, 11) is 0. The fourth-order valence-corrected chi connectivity index (χ4v) is 4.03. The molecule has 4 rings (SSSR count). The van der Waals surface area contributed by atoms with E-state index in [0.717, 1.165) is 36.3 Å². The summed E-state index contributed by atoms with van der Waals surface area (Å²) in [6.45, 7) is 2.18. The molecule has 2 amide bonds. The number of primary amides is 1. The van der Waals surface area contributed by atoms with Crippen LogP contribution in [0.15, 0.2) is 60.8 Å². The van der Waals surface area contributed by atoms with Crippen LogP contribution in [0.4, 0.5) is 5.69 Å². The first-order chi connectivity index (χ1) is 15.0. The quantitative estimate of drug-likeness (QED) is 0.617. The van der Waals surface area contributed by atoms with Gasteiger partial charge in [-0.05, 0) is 55.3 Å². The summed E-state index contributed by atoms with van der Waals surface area (Å²) in [5.74, 6) is -0.658. The van der Waals surface area contributed by atoms with Gasteiger partial charge >= 0.3 is 0 Å². The summed E-state index contributed by atoms with van der Waals surface area (Å²) in [6, 6.07) is 16.6. The van der Waals surface area contributed by atoms with Gasteiger partial charge in [0.25, 0.3) is 5.91 Å². The fraction of sp³-hybridized carbons (Fsp3) is 0.261. The van der Waals surface area contributed by atoms with Gasteiger partial charge in [0, 0.05) is 30.0 Å². The number of carbonyl (C=O) groups is 2. The molecule has 0 radical (unpaired) electrons. The average molecular weight is 438 g/mol. The van der Waals surface area contributed by atoms with Crippen molar-refractivity contribution in [1.82, 2.24) is 14.7 Å². The third-order valence-electron chi connectivity index (χ3n) is 5.46. The molecule has 7 nitrogen and oxygen atoms in total. The Morgan fingerprint density at radius 1 is 1.16 bits per heavy atom. The highest BCUT2D eigenvalue weighted by atomic mass is 35.5. The maximum Gasteiger partial charge on any atom is 0.276 e. The molecule has 2 heterocycles. The molecule has 0 saturated carbocycles. The summed E-state index contributed by atoms with van der Waals surface area (Å²) >= 11 is 6.05. The van der Waals surface area contributed by atoms with Gasteiger partial charge < -0.3 is 11.1 Å². The monoisotopic (exact) mass is 437 g/mol. The van der Waals surface area contributed by atoms with Gasteiger partial charge in [0.2, 0.25) is 5.91 Å². The highest BCUT2D eigenvalue weighted by Crippen LogP contribution is 2.23. The van der Waals surface area contributed by atoms with Gasteiger partial charge in [-0.3, -0.25) is 14.5 Å². The van der Waals surface area contributed by atoms with Crippen molar-refractivity contribution in [3.05, 3.63) is 77.1 Å². The molecule has 3 N–H and O–H groups in total. The predicted octanol–water partition coefficient (Wildman–Crippen LogP) is 3.48. The minimum absolute atomic E-state index is 0.119. The van der Waals surface area contributed by atoms with Gasteiger partial charge in [0.05, 0.1) is 11.6 Å². The van der Waals surface area contributed by atoms with Crippen LogP contribution in [0.3, 0.4) is 0 Å². The zero-order valence-electron chi connectivity index (χ0n) is 17.0. The van der Waals surface area contributed by atoms with E-state index in [9.17, 15) is 9.59 Å². The van der Waals surface area contributed by atoms with E-state index < -0.39 is 0 Å². The Balaban J connectivity index is 1.46. The van der Waals surface area contributed by atoms with Gasteiger partial charge in [-0.15, -0.1) is 0 Å². The van der Waals surface area contributed by atoms with Crippen LogP contribution in [-0.2, 0) is 11.3 Å². The molecule has 160 valence electrons. The van der Waals surface area contributed by atoms with E-state index in [2.05, 4.69) is 15.3 Å². The first-order valence-corrected chi connectivity index (χ1v) is 10.6. The van der Waals surface area contributed by atoms with Crippen LogP contribution in [0.25, 0.3) is 5.69 Å². The van der Waals surface area contributed by atoms with Gasteiger partial charge in [-0.1, -0.05) is 35.9 Å². The van der Waals surface area contributed by atoms with Crippen LogP contribution in [0.2, 0.25) is 5.02 Å². The third kappa shape index (κ3) is 5.13. The first-order valence-electron chi connectivity index (χ1n) is 10.2.